The van der Waals surface area contributed by atoms with Gasteiger partial charge < -0.3 is 20.4 Å². The predicted molar refractivity (Wildman–Crippen MR) is 77.7 cm³/mol. The average Bonchev–Trinajstić information content (AvgIpc) is 3.00. The Morgan fingerprint density at radius 1 is 1.35 bits per heavy atom. The van der Waals surface area contributed by atoms with Crippen LogP contribution in [0.5, 0.6) is 0 Å². The molecule has 1 aromatic heterocycles. The average molecular weight is 277 g/mol. The van der Waals surface area contributed by atoms with Gasteiger partial charge in [0.15, 0.2) is 0 Å². The minimum absolute atomic E-state index is 0.0522. The quantitative estimate of drug-likeness (QED) is 0.782. The maximum absolute atomic E-state index is 12.2. The van der Waals surface area contributed by atoms with Crippen molar-refractivity contribution < 1.29 is 9.53 Å². The van der Waals surface area contributed by atoms with Gasteiger partial charge in [0, 0.05) is 18.8 Å². The van der Waals surface area contributed by atoms with Gasteiger partial charge >= 0.3 is 0 Å². The van der Waals surface area contributed by atoms with E-state index < -0.39 is 0 Å². The van der Waals surface area contributed by atoms with Crippen LogP contribution in [0.1, 0.15) is 55.1 Å². The summed E-state index contributed by atoms with van der Waals surface area (Å²) in [6, 6.07) is 2.22. The van der Waals surface area contributed by atoms with Crippen molar-refractivity contribution in [3.05, 3.63) is 18.0 Å². The lowest BCUT2D eigenvalue weighted by Gasteiger charge is -2.12. The van der Waals surface area contributed by atoms with Gasteiger partial charge in [-0.3, -0.25) is 4.79 Å². The van der Waals surface area contributed by atoms with Gasteiger partial charge in [-0.25, -0.2) is 0 Å². The number of nitrogens with zero attached hydrogens (tertiary/aromatic N) is 1. The number of amides is 1. The van der Waals surface area contributed by atoms with E-state index in [9.17, 15) is 4.79 Å². The van der Waals surface area contributed by atoms with Gasteiger partial charge in [0.1, 0.15) is 5.69 Å². The molecule has 5 heteroatoms. The third-order valence-electron chi connectivity index (χ3n) is 4.09. The monoisotopic (exact) mass is 277 g/mol. The van der Waals surface area contributed by atoms with Crippen molar-refractivity contribution in [3.8, 4) is 0 Å². The van der Waals surface area contributed by atoms with E-state index in [1.165, 1.54) is 12.8 Å². The molecule has 2 saturated carbocycles. The molecule has 5 nitrogen and oxygen atoms in total. The first-order valence-corrected chi connectivity index (χ1v) is 7.61. The Labute approximate surface area is 119 Å². The van der Waals surface area contributed by atoms with Gasteiger partial charge in [0.2, 0.25) is 0 Å². The molecule has 3 N–H and O–H groups in total. The molecular weight excluding hydrogens is 254 g/mol. The molecule has 0 spiro atoms. The number of ether oxygens (including phenoxy) is 1. The summed E-state index contributed by atoms with van der Waals surface area (Å²) in [5.74, 6) is -0.0522. The summed E-state index contributed by atoms with van der Waals surface area (Å²) in [7, 11) is 0. The molecule has 0 unspecified atom stereocenters. The Bertz CT molecular complexity index is 473. The first-order valence-electron chi connectivity index (χ1n) is 7.61. The van der Waals surface area contributed by atoms with Crippen molar-refractivity contribution in [3.63, 3.8) is 0 Å². The number of rotatable bonds is 6. The highest BCUT2D eigenvalue weighted by atomic mass is 16.5. The fraction of sp³-hybridized carbons (Fsp3) is 0.667. The molecule has 2 aliphatic carbocycles. The number of nitrogen functional groups attached to an aromatic ring is 1. The zero-order chi connectivity index (χ0) is 13.9. The lowest BCUT2D eigenvalue weighted by molar-refractivity contribution is 0.0580. The highest BCUT2D eigenvalue weighted by Crippen LogP contribution is 2.37. The second kappa shape index (κ2) is 5.87. The summed E-state index contributed by atoms with van der Waals surface area (Å²) in [6.07, 6.45) is 9.40. The van der Waals surface area contributed by atoms with Crippen LogP contribution in [0.15, 0.2) is 12.3 Å². The van der Waals surface area contributed by atoms with E-state index in [1.54, 1.807) is 6.07 Å². The van der Waals surface area contributed by atoms with Gasteiger partial charge in [-0.15, -0.1) is 0 Å². The van der Waals surface area contributed by atoms with Crippen molar-refractivity contribution >= 4 is 11.6 Å². The summed E-state index contributed by atoms with van der Waals surface area (Å²) in [6.45, 7) is 1.15. The smallest absolute Gasteiger partial charge is 0.268 e. The Hall–Kier alpha value is -1.49. The highest BCUT2D eigenvalue weighted by Gasteiger charge is 2.27. The minimum Gasteiger partial charge on any atom is -0.397 e. The first kappa shape index (κ1) is 13.5. The van der Waals surface area contributed by atoms with E-state index in [-0.39, 0.29) is 5.91 Å². The normalized spacial score (nSPS) is 19.4. The third kappa shape index (κ3) is 3.15. The maximum Gasteiger partial charge on any atom is 0.268 e. The Morgan fingerprint density at radius 2 is 2.10 bits per heavy atom. The summed E-state index contributed by atoms with van der Waals surface area (Å²) < 4.78 is 7.74. The van der Waals surface area contributed by atoms with Crippen LogP contribution in [-0.2, 0) is 4.74 Å². The fourth-order valence-corrected chi connectivity index (χ4v) is 2.87. The first-order chi connectivity index (χ1) is 9.74. The molecule has 0 saturated heterocycles. The molecule has 20 heavy (non-hydrogen) atoms. The second-order valence-electron chi connectivity index (χ2n) is 5.83. The molecule has 0 radical (unpaired) electrons. The van der Waals surface area contributed by atoms with E-state index in [0.717, 1.165) is 25.7 Å². The molecule has 1 aromatic rings. The van der Waals surface area contributed by atoms with Crippen molar-refractivity contribution in [1.82, 2.24) is 9.88 Å². The second-order valence-corrected chi connectivity index (χ2v) is 5.83. The summed E-state index contributed by atoms with van der Waals surface area (Å²) >= 11 is 0. The van der Waals surface area contributed by atoms with Crippen LogP contribution >= 0.6 is 0 Å². The molecule has 0 aliphatic heterocycles. The molecule has 0 atom stereocenters. The van der Waals surface area contributed by atoms with E-state index in [4.69, 9.17) is 10.5 Å². The number of carbonyl (C=O) groups excluding carboxylic acids is 1. The molecule has 110 valence electrons. The molecule has 3 rings (SSSR count). The van der Waals surface area contributed by atoms with E-state index in [2.05, 4.69) is 5.32 Å². The van der Waals surface area contributed by atoms with E-state index >= 15 is 0 Å². The van der Waals surface area contributed by atoms with Crippen LogP contribution in [0.2, 0.25) is 0 Å². The zero-order valence-corrected chi connectivity index (χ0v) is 11.8. The summed E-state index contributed by atoms with van der Waals surface area (Å²) in [4.78, 5) is 12.2. The van der Waals surface area contributed by atoms with Crippen LogP contribution in [0.3, 0.4) is 0 Å². The van der Waals surface area contributed by atoms with Crippen LogP contribution < -0.4 is 11.1 Å². The van der Waals surface area contributed by atoms with Gasteiger partial charge in [0.05, 0.1) is 18.4 Å². The van der Waals surface area contributed by atoms with Crippen LogP contribution in [0.4, 0.5) is 5.69 Å². The molecule has 2 aliphatic rings. The van der Waals surface area contributed by atoms with Gasteiger partial charge in [0.25, 0.3) is 5.91 Å². The molecule has 0 aromatic carbocycles. The van der Waals surface area contributed by atoms with Crippen molar-refractivity contribution in [1.29, 1.82) is 0 Å². The van der Waals surface area contributed by atoms with E-state index in [0.29, 0.717) is 36.7 Å². The number of hydrogen-bond acceptors (Lipinski definition) is 3. The molecule has 1 heterocycles. The zero-order valence-electron chi connectivity index (χ0n) is 11.8. The van der Waals surface area contributed by atoms with E-state index in [1.807, 2.05) is 10.8 Å². The lowest BCUT2D eigenvalue weighted by atomic mass is 10.3. The summed E-state index contributed by atoms with van der Waals surface area (Å²) in [5, 5.41) is 2.92. The number of nitrogens with one attached hydrogen (secondary N) is 1. The number of anilines is 1. The molecule has 0 bridgehead atoms. The highest BCUT2D eigenvalue weighted by molar-refractivity contribution is 5.93. The molecule has 2 fully saturated rings. The molecule has 1 amide bonds. The Balaban J connectivity index is 1.46. The van der Waals surface area contributed by atoms with Crippen molar-refractivity contribution in [2.75, 3.05) is 18.9 Å². The predicted octanol–water partition coefficient (Wildman–Crippen LogP) is 2.09. The number of carbonyl (C=O) groups is 1. The Kier molecular flexibility index (Phi) is 3.96. The maximum atomic E-state index is 12.2. The third-order valence-corrected chi connectivity index (χ3v) is 4.09. The van der Waals surface area contributed by atoms with Gasteiger partial charge in [-0.05, 0) is 31.7 Å². The van der Waals surface area contributed by atoms with Gasteiger partial charge in [-0.1, -0.05) is 12.8 Å². The SMILES string of the molecule is Nc1cc(C(=O)NCCOC2CCCC2)n(C2CC2)c1. The molecular formula is C15H23N3O2. The van der Waals surface area contributed by atoms with Crippen molar-refractivity contribution in [2.24, 2.45) is 0 Å². The van der Waals surface area contributed by atoms with Crippen LogP contribution in [0, 0.1) is 0 Å². The fourth-order valence-electron chi connectivity index (χ4n) is 2.87. The topological polar surface area (TPSA) is 69.3 Å². The number of hydrogen-bond donors (Lipinski definition) is 2. The number of aromatic nitrogens is 1. The largest absolute Gasteiger partial charge is 0.397 e. The van der Waals surface area contributed by atoms with Gasteiger partial charge in [-0.2, -0.15) is 0 Å². The minimum atomic E-state index is -0.0522. The number of nitrogens with two attached hydrogens (primary N) is 1. The van der Waals surface area contributed by atoms with Crippen molar-refractivity contribution in [2.45, 2.75) is 50.7 Å². The lowest BCUT2D eigenvalue weighted by Crippen LogP contribution is -2.29. The van der Waals surface area contributed by atoms with Crippen LogP contribution in [0.25, 0.3) is 0 Å². The van der Waals surface area contributed by atoms with Crippen LogP contribution in [-0.4, -0.2) is 29.7 Å². The summed E-state index contributed by atoms with van der Waals surface area (Å²) in [5.41, 5.74) is 7.12. The standard InChI is InChI=1S/C15H23N3O2/c16-11-9-14(18(10-11)12-5-6-12)15(19)17-7-8-20-13-3-1-2-4-13/h9-10,12-13H,1-8,16H2,(H,17,19). The Morgan fingerprint density at radius 3 is 2.80 bits per heavy atom.